The first-order chi connectivity index (χ1) is 11.3. The third-order valence-electron chi connectivity index (χ3n) is 3.43. The quantitative estimate of drug-likeness (QED) is 0.789. The second-order valence-electron chi connectivity index (χ2n) is 5.20. The summed E-state index contributed by atoms with van der Waals surface area (Å²) in [5.41, 5.74) is 1.46. The van der Waals surface area contributed by atoms with Crippen molar-refractivity contribution in [3.63, 3.8) is 0 Å². The van der Waals surface area contributed by atoms with Crippen LogP contribution in [0.15, 0.2) is 27.6 Å². The number of halogens is 3. The molecule has 3 heterocycles. The van der Waals surface area contributed by atoms with Gasteiger partial charge in [0.25, 0.3) is 5.56 Å². The lowest BCUT2D eigenvalue weighted by Crippen LogP contribution is -2.15. The van der Waals surface area contributed by atoms with Crippen LogP contribution in [0.1, 0.15) is 22.8 Å². The van der Waals surface area contributed by atoms with E-state index in [9.17, 15) is 18.0 Å². The fraction of sp³-hybridized carbons (Fsp3) is 0.286. The molecule has 126 valence electrons. The van der Waals surface area contributed by atoms with Crippen LogP contribution in [0.3, 0.4) is 0 Å². The Kier molecular flexibility index (Phi) is 3.74. The molecule has 7 nitrogen and oxygen atoms in total. The van der Waals surface area contributed by atoms with Crippen LogP contribution in [0.2, 0.25) is 0 Å². The van der Waals surface area contributed by atoms with Gasteiger partial charge in [0.2, 0.25) is 5.82 Å². The fourth-order valence-corrected chi connectivity index (χ4v) is 2.35. The van der Waals surface area contributed by atoms with Crippen LogP contribution in [0, 0.1) is 6.92 Å². The van der Waals surface area contributed by atoms with E-state index in [1.807, 2.05) is 0 Å². The molecule has 3 rings (SSSR count). The van der Waals surface area contributed by atoms with Gasteiger partial charge in [-0.1, -0.05) is 5.16 Å². The Morgan fingerprint density at radius 2 is 2.12 bits per heavy atom. The minimum Gasteiger partial charge on any atom is -0.329 e. The van der Waals surface area contributed by atoms with E-state index < -0.39 is 17.6 Å². The molecule has 24 heavy (non-hydrogen) atoms. The number of hydrogen-bond donors (Lipinski definition) is 1. The molecule has 0 aliphatic rings. The molecule has 0 spiro atoms. The van der Waals surface area contributed by atoms with Crippen LogP contribution in [0.5, 0.6) is 0 Å². The lowest BCUT2D eigenvalue weighted by Gasteiger charge is -2.05. The van der Waals surface area contributed by atoms with Crippen molar-refractivity contribution in [3.8, 4) is 11.4 Å². The highest BCUT2D eigenvalue weighted by molar-refractivity contribution is 5.59. The maximum absolute atomic E-state index is 12.6. The maximum Gasteiger partial charge on any atom is 0.471 e. The number of nitrogens with one attached hydrogen (secondary N) is 1. The Morgan fingerprint density at radius 3 is 2.71 bits per heavy atom. The van der Waals surface area contributed by atoms with Gasteiger partial charge in [0, 0.05) is 36.5 Å². The van der Waals surface area contributed by atoms with Crippen LogP contribution in [0.25, 0.3) is 11.4 Å². The highest BCUT2D eigenvalue weighted by Gasteiger charge is 2.38. The van der Waals surface area contributed by atoms with Crippen LogP contribution in [-0.4, -0.2) is 24.9 Å². The summed E-state index contributed by atoms with van der Waals surface area (Å²) < 4.78 is 43.7. The molecule has 0 bridgehead atoms. The predicted molar refractivity (Wildman–Crippen MR) is 76.1 cm³/mol. The van der Waals surface area contributed by atoms with Crippen LogP contribution in [0.4, 0.5) is 13.2 Å². The van der Waals surface area contributed by atoms with Crippen LogP contribution < -0.4 is 5.56 Å². The Bertz CT molecular complexity index is 939. The number of nitrogens with zero attached hydrogens (tertiary/aromatic N) is 4. The Hall–Kier alpha value is -2.91. The van der Waals surface area contributed by atoms with Gasteiger partial charge in [-0.15, -0.1) is 0 Å². The number of aromatic amines is 1. The number of rotatable bonds is 3. The van der Waals surface area contributed by atoms with Gasteiger partial charge in [0.15, 0.2) is 0 Å². The molecule has 0 aliphatic carbocycles. The first kappa shape index (κ1) is 16.0. The molecular weight excluding hydrogens is 327 g/mol. The summed E-state index contributed by atoms with van der Waals surface area (Å²) in [5, 5.41) is 7.52. The van der Waals surface area contributed by atoms with E-state index >= 15 is 0 Å². The van der Waals surface area contributed by atoms with Gasteiger partial charge in [-0.3, -0.25) is 9.48 Å². The zero-order valence-electron chi connectivity index (χ0n) is 12.7. The molecule has 0 atom stereocenters. The summed E-state index contributed by atoms with van der Waals surface area (Å²) in [5.74, 6) is -1.75. The van der Waals surface area contributed by atoms with Crippen molar-refractivity contribution in [2.24, 2.45) is 7.05 Å². The lowest BCUT2D eigenvalue weighted by molar-refractivity contribution is -0.159. The molecular formula is C14H12F3N5O2. The van der Waals surface area contributed by atoms with Gasteiger partial charge in [0.1, 0.15) is 0 Å². The van der Waals surface area contributed by atoms with Crippen molar-refractivity contribution in [1.29, 1.82) is 0 Å². The number of H-pyrrole nitrogens is 1. The van der Waals surface area contributed by atoms with E-state index in [4.69, 9.17) is 0 Å². The molecule has 0 saturated carbocycles. The fourth-order valence-electron chi connectivity index (χ4n) is 2.35. The first-order valence-electron chi connectivity index (χ1n) is 6.87. The normalized spacial score (nSPS) is 11.9. The monoisotopic (exact) mass is 339 g/mol. The average Bonchev–Trinajstić information content (AvgIpc) is 3.08. The molecule has 0 radical (unpaired) electrons. The molecule has 0 unspecified atom stereocenters. The molecule has 0 aliphatic heterocycles. The predicted octanol–water partition coefficient (Wildman–Crippen LogP) is 2.08. The molecule has 0 fully saturated rings. The summed E-state index contributed by atoms with van der Waals surface area (Å²) >= 11 is 0. The number of hydrogen-bond acceptors (Lipinski definition) is 5. The molecule has 1 N–H and O–H groups in total. The molecule has 0 saturated heterocycles. The Balaban J connectivity index is 2.06. The Labute approximate surface area is 133 Å². The minimum atomic E-state index is -4.74. The standard InChI is InChI=1S/C14H12F3N5O2/c1-7-5-8(22(2)20-7)6-10-9(3-4-18-12(10)23)11-19-13(24-21-11)14(15,16)17/h3-5H,6H2,1-2H3,(H,18,23). The summed E-state index contributed by atoms with van der Waals surface area (Å²) in [6.45, 7) is 1.80. The first-order valence-corrected chi connectivity index (χ1v) is 6.87. The topological polar surface area (TPSA) is 89.6 Å². The lowest BCUT2D eigenvalue weighted by atomic mass is 10.0. The number of pyridine rings is 1. The van der Waals surface area contributed by atoms with E-state index in [1.165, 1.54) is 12.3 Å². The van der Waals surface area contributed by atoms with Crippen molar-refractivity contribution < 1.29 is 17.7 Å². The van der Waals surface area contributed by atoms with Gasteiger partial charge in [-0.25, -0.2) is 0 Å². The van der Waals surface area contributed by atoms with Crippen molar-refractivity contribution >= 4 is 0 Å². The van der Waals surface area contributed by atoms with Crippen LogP contribution in [-0.2, 0) is 19.6 Å². The van der Waals surface area contributed by atoms with Gasteiger partial charge < -0.3 is 9.51 Å². The molecule has 0 aromatic carbocycles. The van der Waals surface area contributed by atoms with Gasteiger partial charge >= 0.3 is 12.1 Å². The van der Waals surface area contributed by atoms with E-state index in [1.54, 1.807) is 24.7 Å². The van der Waals surface area contributed by atoms with Gasteiger partial charge in [-0.2, -0.15) is 23.3 Å². The summed E-state index contributed by atoms with van der Waals surface area (Å²) in [7, 11) is 1.72. The van der Waals surface area contributed by atoms with E-state index in [0.29, 0.717) is 0 Å². The van der Waals surface area contributed by atoms with Gasteiger partial charge in [0.05, 0.1) is 5.69 Å². The molecule has 3 aromatic heterocycles. The zero-order valence-corrected chi connectivity index (χ0v) is 12.7. The second kappa shape index (κ2) is 5.62. The average molecular weight is 339 g/mol. The molecule has 10 heteroatoms. The third kappa shape index (κ3) is 2.94. The van der Waals surface area contributed by atoms with E-state index in [2.05, 4.69) is 24.7 Å². The van der Waals surface area contributed by atoms with Gasteiger partial charge in [-0.05, 0) is 19.1 Å². The van der Waals surface area contributed by atoms with E-state index in [-0.39, 0.29) is 23.4 Å². The van der Waals surface area contributed by atoms with Crippen molar-refractivity contribution in [1.82, 2.24) is 24.9 Å². The van der Waals surface area contributed by atoms with Crippen molar-refractivity contribution in [2.75, 3.05) is 0 Å². The minimum absolute atomic E-state index is 0.165. The second-order valence-corrected chi connectivity index (χ2v) is 5.20. The highest BCUT2D eigenvalue weighted by atomic mass is 19.4. The number of alkyl halides is 3. The van der Waals surface area contributed by atoms with Crippen molar-refractivity contribution in [2.45, 2.75) is 19.5 Å². The zero-order chi connectivity index (χ0) is 17.5. The summed E-state index contributed by atoms with van der Waals surface area (Å²) in [6, 6.07) is 3.22. The summed E-state index contributed by atoms with van der Waals surface area (Å²) in [6.07, 6.45) is -3.26. The van der Waals surface area contributed by atoms with Crippen molar-refractivity contribution in [3.05, 3.63) is 51.5 Å². The Morgan fingerprint density at radius 1 is 1.38 bits per heavy atom. The molecule has 0 amide bonds. The molecule has 3 aromatic rings. The number of aromatic nitrogens is 5. The SMILES string of the molecule is Cc1cc(Cc2c(-c3noc(C(F)(F)F)n3)cc[nH]c2=O)n(C)n1. The highest BCUT2D eigenvalue weighted by Crippen LogP contribution is 2.30. The smallest absolute Gasteiger partial charge is 0.329 e. The summed E-state index contributed by atoms with van der Waals surface area (Å²) in [4.78, 5) is 18.0. The number of aryl methyl sites for hydroxylation is 2. The largest absolute Gasteiger partial charge is 0.471 e. The maximum atomic E-state index is 12.6. The third-order valence-corrected chi connectivity index (χ3v) is 3.43. The van der Waals surface area contributed by atoms with Crippen LogP contribution >= 0.6 is 0 Å². The van der Waals surface area contributed by atoms with E-state index in [0.717, 1.165) is 11.4 Å².